The van der Waals surface area contributed by atoms with Crippen LogP contribution in [0.25, 0.3) is 0 Å². The standard InChI is InChI=1S/C30H35Cl2N3O4S/c1-5-16-33-30(37)28(6-2)34(19-23-9-7-8-22(4)17-23)29(36)20-35(24-12-15-26(31)27(32)18-24)40(38,39)25-13-10-21(3)11-14-25/h7-15,17-18,28H,5-6,16,19-20H2,1-4H3,(H,33,37)/t28-/m1/s1. The summed E-state index contributed by atoms with van der Waals surface area (Å²) in [5.41, 5.74) is 2.91. The molecule has 2 amide bonds. The van der Waals surface area contributed by atoms with E-state index in [1.807, 2.05) is 52.0 Å². The van der Waals surface area contributed by atoms with Crippen molar-refractivity contribution in [1.82, 2.24) is 10.2 Å². The second-order valence-corrected chi connectivity index (χ2v) is 12.3. The molecule has 214 valence electrons. The monoisotopic (exact) mass is 603 g/mol. The Bertz CT molecular complexity index is 1450. The zero-order valence-corrected chi connectivity index (χ0v) is 25.5. The van der Waals surface area contributed by atoms with Gasteiger partial charge >= 0.3 is 0 Å². The Morgan fingerprint density at radius 3 is 2.20 bits per heavy atom. The summed E-state index contributed by atoms with van der Waals surface area (Å²) >= 11 is 12.4. The number of anilines is 1. The Hall–Kier alpha value is -3.07. The molecule has 0 saturated heterocycles. The molecule has 0 heterocycles. The highest BCUT2D eigenvalue weighted by Gasteiger charge is 2.33. The molecule has 3 rings (SSSR count). The fraction of sp³-hybridized carbons (Fsp3) is 0.333. The number of nitrogens with zero attached hydrogens (tertiary/aromatic N) is 2. The topological polar surface area (TPSA) is 86.8 Å². The Morgan fingerprint density at radius 2 is 1.60 bits per heavy atom. The molecule has 7 nitrogen and oxygen atoms in total. The Balaban J connectivity index is 2.08. The van der Waals surface area contributed by atoms with Crippen LogP contribution < -0.4 is 9.62 Å². The van der Waals surface area contributed by atoms with Gasteiger partial charge in [-0.15, -0.1) is 0 Å². The minimum absolute atomic E-state index is 0.0231. The number of nitrogens with one attached hydrogen (secondary N) is 1. The number of hydrogen-bond donors (Lipinski definition) is 1. The third-order valence-corrected chi connectivity index (χ3v) is 8.98. The maximum Gasteiger partial charge on any atom is 0.264 e. The molecule has 0 unspecified atom stereocenters. The zero-order valence-electron chi connectivity index (χ0n) is 23.2. The van der Waals surface area contributed by atoms with Gasteiger partial charge in [-0.3, -0.25) is 13.9 Å². The lowest BCUT2D eigenvalue weighted by Crippen LogP contribution is -2.52. The van der Waals surface area contributed by atoms with Crippen LogP contribution in [0.2, 0.25) is 10.0 Å². The smallest absolute Gasteiger partial charge is 0.264 e. The first-order chi connectivity index (χ1) is 19.0. The maximum atomic E-state index is 14.1. The van der Waals surface area contributed by atoms with E-state index in [-0.39, 0.29) is 33.1 Å². The Kier molecular flexibility index (Phi) is 11.0. The summed E-state index contributed by atoms with van der Waals surface area (Å²) in [6.07, 6.45) is 1.10. The first-order valence-corrected chi connectivity index (χ1v) is 15.3. The van der Waals surface area contributed by atoms with Gasteiger partial charge in [0.15, 0.2) is 0 Å². The number of sulfonamides is 1. The molecule has 3 aromatic rings. The van der Waals surface area contributed by atoms with Crippen LogP contribution in [0.1, 0.15) is 43.4 Å². The second kappa shape index (κ2) is 14.0. The van der Waals surface area contributed by atoms with Crippen LogP contribution in [0.4, 0.5) is 5.69 Å². The summed E-state index contributed by atoms with van der Waals surface area (Å²) in [7, 11) is -4.19. The van der Waals surface area contributed by atoms with Crippen molar-refractivity contribution in [3.8, 4) is 0 Å². The summed E-state index contributed by atoms with van der Waals surface area (Å²) in [6.45, 7) is 7.64. The molecule has 0 aliphatic carbocycles. The van der Waals surface area contributed by atoms with Crippen molar-refractivity contribution in [2.24, 2.45) is 0 Å². The van der Waals surface area contributed by atoms with Crippen LogP contribution in [0.5, 0.6) is 0 Å². The van der Waals surface area contributed by atoms with E-state index in [9.17, 15) is 18.0 Å². The number of amides is 2. The minimum atomic E-state index is -4.19. The highest BCUT2D eigenvalue weighted by atomic mass is 35.5. The number of carbonyl (C=O) groups is 2. The van der Waals surface area contributed by atoms with Crippen molar-refractivity contribution in [2.75, 3.05) is 17.4 Å². The molecule has 10 heteroatoms. The summed E-state index contributed by atoms with van der Waals surface area (Å²) in [4.78, 5) is 28.7. The molecular weight excluding hydrogens is 569 g/mol. The lowest BCUT2D eigenvalue weighted by atomic mass is 10.1. The number of halogens is 2. The number of rotatable bonds is 12. The third kappa shape index (κ3) is 7.77. The molecule has 0 aromatic heterocycles. The van der Waals surface area contributed by atoms with Crippen molar-refractivity contribution in [3.63, 3.8) is 0 Å². The molecule has 40 heavy (non-hydrogen) atoms. The molecular formula is C30H35Cl2N3O4S. The molecule has 0 fully saturated rings. The van der Waals surface area contributed by atoms with E-state index in [0.717, 1.165) is 27.4 Å². The summed E-state index contributed by atoms with van der Waals surface area (Å²) < 4.78 is 28.8. The fourth-order valence-corrected chi connectivity index (χ4v) is 6.00. The van der Waals surface area contributed by atoms with Crippen molar-refractivity contribution in [3.05, 3.63) is 93.5 Å². The van der Waals surface area contributed by atoms with E-state index in [4.69, 9.17) is 23.2 Å². The van der Waals surface area contributed by atoms with Gasteiger partial charge in [0.05, 0.1) is 20.6 Å². The highest BCUT2D eigenvalue weighted by Crippen LogP contribution is 2.31. The second-order valence-electron chi connectivity index (χ2n) is 9.65. The molecule has 1 atom stereocenters. The van der Waals surface area contributed by atoms with Crippen LogP contribution >= 0.6 is 23.2 Å². The number of carbonyl (C=O) groups excluding carboxylic acids is 2. The van der Waals surface area contributed by atoms with Gasteiger partial charge in [-0.25, -0.2) is 8.42 Å². The predicted molar refractivity (Wildman–Crippen MR) is 161 cm³/mol. The van der Waals surface area contributed by atoms with E-state index in [0.29, 0.717) is 13.0 Å². The predicted octanol–water partition coefficient (Wildman–Crippen LogP) is 6.14. The molecule has 0 saturated carbocycles. The largest absolute Gasteiger partial charge is 0.354 e. The average molecular weight is 605 g/mol. The molecule has 0 spiro atoms. The Morgan fingerprint density at radius 1 is 0.900 bits per heavy atom. The first kappa shape index (κ1) is 31.5. The normalized spacial score (nSPS) is 12.1. The van der Waals surface area contributed by atoms with E-state index in [1.54, 1.807) is 12.1 Å². The molecule has 1 N–H and O–H groups in total. The van der Waals surface area contributed by atoms with Gasteiger partial charge in [0.1, 0.15) is 12.6 Å². The van der Waals surface area contributed by atoms with Gasteiger partial charge in [-0.1, -0.05) is 84.6 Å². The molecule has 3 aromatic carbocycles. The van der Waals surface area contributed by atoms with E-state index in [1.165, 1.54) is 35.2 Å². The van der Waals surface area contributed by atoms with Crippen molar-refractivity contribution in [2.45, 2.75) is 58.0 Å². The SMILES string of the molecule is CCCNC(=O)[C@@H](CC)N(Cc1cccc(C)c1)C(=O)CN(c1ccc(Cl)c(Cl)c1)S(=O)(=O)c1ccc(C)cc1. The summed E-state index contributed by atoms with van der Waals surface area (Å²) in [5, 5.41) is 3.28. The average Bonchev–Trinajstić information content (AvgIpc) is 2.92. The van der Waals surface area contributed by atoms with Crippen molar-refractivity contribution >= 4 is 50.7 Å². The lowest BCUT2D eigenvalue weighted by Gasteiger charge is -2.33. The third-order valence-electron chi connectivity index (χ3n) is 6.45. The van der Waals surface area contributed by atoms with Gasteiger partial charge in [0, 0.05) is 13.1 Å². The minimum Gasteiger partial charge on any atom is -0.354 e. The molecule has 0 aliphatic rings. The van der Waals surface area contributed by atoms with E-state index in [2.05, 4.69) is 5.32 Å². The molecule has 0 radical (unpaired) electrons. The number of hydrogen-bond acceptors (Lipinski definition) is 4. The van der Waals surface area contributed by atoms with E-state index >= 15 is 0 Å². The first-order valence-electron chi connectivity index (χ1n) is 13.1. The molecule has 0 aliphatic heterocycles. The number of aryl methyl sites for hydroxylation is 2. The fourth-order valence-electron chi connectivity index (χ4n) is 4.30. The highest BCUT2D eigenvalue weighted by molar-refractivity contribution is 7.92. The van der Waals surface area contributed by atoms with Gasteiger partial charge in [0.2, 0.25) is 11.8 Å². The zero-order chi connectivity index (χ0) is 29.4. The lowest BCUT2D eigenvalue weighted by molar-refractivity contribution is -0.140. The van der Waals surface area contributed by atoms with Gasteiger partial charge in [0.25, 0.3) is 10.0 Å². The van der Waals surface area contributed by atoms with Gasteiger partial charge < -0.3 is 10.2 Å². The number of benzene rings is 3. The molecule has 0 bridgehead atoms. The van der Waals surface area contributed by atoms with Crippen LogP contribution in [0.15, 0.2) is 71.6 Å². The van der Waals surface area contributed by atoms with E-state index < -0.39 is 28.5 Å². The van der Waals surface area contributed by atoms with Crippen molar-refractivity contribution < 1.29 is 18.0 Å². The maximum absolute atomic E-state index is 14.1. The van der Waals surface area contributed by atoms with Crippen LogP contribution in [-0.2, 0) is 26.2 Å². The van der Waals surface area contributed by atoms with Gasteiger partial charge in [-0.2, -0.15) is 0 Å². The van der Waals surface area contributed by atoms with Crippen LogP contribution in [0.3, 0.4) is 0 Å². The van der Waals surface area contributed by atoms with Crippen LogP contribution in [0, 0.1) is 13.8 Å². The quantitative estimate of drug-likeness (QED) is 0.269. The van der Waals surface area contributed by atoms with Crippen molar-refractivity contribution in [1.29, 1.82) is 0 Å². The van der Waals surface area contributed by atoms with Gasteiger partial charge in [-0.05, 0) is 62.6 Å². The summed E-state index contributed by atoms with van der Waals surface area (Å²) in [5.74, 6) is -0.811. The Labute approximate surface area is 247 Å². The summed E-state index contributed by atoms with van der Waals surface area (Å²) in [6, 6.07) is 17.6. The van der Waals surface area contributed by atoms with Crippen LogP contribution in [-0.4, -0.2) is 44.3 Å².